The summed E-state index contributed by atoms with van der Waals surface area (Å²) in [7, 11) is 0. The lowest BCUT2D eigenvalue weighted by molar-refractivity contribution is -0.384. The molecule has 0 fully saturated rings. The van der Waals surface area contributed by atoms with Gasteiger partial charge in [0.25, 0.3) is 11.6 Å². The summed E-state index contributed by atoms with van der Waals surface area (Å²) in [5, 5.41) is 16.6. The molecule has 17 heavy (non-hydrogen) atoms. The Morgan fingerprint density at radius 3 is 2.65 bits per heavy atom. The fraction of sp³-hybridized carbons (Fsp3) is 0. The van der Waals surface area contributed by atoms with Crippen LogP contribution in [0.1, 0.15) is 5.56 Å². The third-order valence-electron chi connectivity index (χ3n) is 1.92. The highest BCUT2D eigenvalue weighted by molar-refractivity contribution is 5.81. The van der Waals surface area contributed by atoms with Gasteiger partial charge in [0.2, 0.25) is 5.95 Å². The molecule has 0 aliphatic carbocycles. The number of non-ortho nitro benzene ring substituents is 1. The summed E-state index contributed by atoms with van der Waals surface area (Å²) in [6.07, 6.45) is 1.49. The average molecular weight is 232 g/mol. The number of nitrogens with one attached hydrogen (secondary N) is 1. The minimum Gasteiger partial charge on any atom is -0.368 e. The first kappa shape index (κ1) is 10.7. The van der Waals surface area contributed by atoms with E-state index in [4.69, 9.17) is 5.73 Å². The van der Waals surface area contributed by atoms with Crippen LogP contribution in [-0.4, -0.2) is 26.3 Å². The van der Waals surface area contributed by atoms with Crippen molar-refractivity contribution in [2.24, 2.45) is 4.99 Å². The fourth-order valence-corrected chi connectivity index (χ4v) is 1.14. The minimum atomic E-state index is -0.461. The summed E-state index contributed by atoms with van der Waals surface area (Å²) in [5.74, 6) is 0.390. The van der Waals surface area contributed by atoms with Gasteiger partial charge in [-0.25, -0.2) is 10.1 Å². The van der Waals surface area contributed by atoms with Crippen molar-refractivity contribution in [3.8, 4) is 0 Å². The third kappa shape index (κ3) is 2.62. The summed E-state index contributed by atoms with van der Waals surface area (Å²) in [6.45, 7) is 0. The van der Waals surface area contributed by atoms with Crippen LogP contribution in [0.15, 0.2) is 29.3 Å². The predicted octanol–water partition coefficient (Wildman–Crippen LogP) is 1.05. The zero-order valence-corrected chi connectivity index (χ0v) is 8.57. The second-order valence-corrected chi connectivity index (χ2v) is 3.13. The number of hydrogen-bond donors (Lipinski definition) is 2. The number of rotatable bonds is 3. The van der Waals surface area contributed by atoms with Gasteiger partial charge in [-0.1, -0.05) is 0 Å². The highest BCUT2D eigenvalue weighted by Gasteiger charge is 2.02. The van der Waals surface area contributed by atoms with Gasteiger partial charge in [-0.2, -0.15) is 4.98 Å². The zero-order chi connectivity index (χ0) is 12.3. The summed E-state index contributed by atoms with van der Waals surface area (Å²) in [5.41, 5.74) is 6.06. The Balaban J connectivity index is 2.13. The molecule has 0 radical (unpaired) electrons. The van der Waals surface area contributed by atoms with Gasteiger partial charge >= 0.3 is 0 Å². The van der Waals surface area contributed by atoms with E-state index in [1.165, 1.54) is 18.3 Å². The lowest BCUT2D eigenvalue weighted by atomic mass is 10.2. The highest BCUT2D eigenvalue weighted by Crippen LogP contribution is 2.11. The number of nitrogen functional groups attached to an aromatic ring is 1. The number of nitrogens with zero attached hydrogens (tertiary/aromatic N) is 4. The maximum absolute atomic E-state index is 10.4. The summed E-state index contributed by atoms with van der Waals surface area (Å²) in [6, 6.07) is 5.96. The van der Waals surface area contributed by atoms with E-state index in [-0.39, 0.29) is 17.6 Å². The van der Waals surface area contributed by atoms with Gasteiger partial charge < -0.3 is 5.73 Å². The van der Waals surface area contributed by atoms with Crippen molar-refractivity contribution in [1.82, 2.24) is 15.2 Å². The van der Waals surface area contributed by atoms with Gasteiger partial charge in [-0.3, -0.25) is 10.1 Å². The smallest absolute Gasteiger partial charge is 0.269 e. The Morgan fingerprint density at radius 1 is 1.41 bits per heavy atom. The van der Waals surface area contributed by atoms with E-state index < -0.39 is 4.92 Å². The molecule has 0 bridgehead atoms. The van der Waals surface area contributed by atoms with Crippen LogP contribution >= 0.6 is 0 Å². The number of hydrogen-bond acceptors (Lipinski definition) is 6. The zero-order valence-electron chi connectivity index (χ0n) is 8.57. The Kier molecular flexibility index (Phi) is 2.77. The summed E-state index contributed by atoms with van der Waals surface area (Å²) in [4.78, 5) is 17.7. The van der Waals surface area contributed by atoms with Crippen LogP contribution < -0.4 is 5.73 Å². The van der Waals surface area contributed by atoms with Gasteiger partial charge in [-0.15, -0.1) is 5.10 Å². The molecule has 8 nitrogen and oxygen atoms in total. The number of aromatic amines is 1. The third-order valence-corrected chi connectivity index (χ3v) is 1.92. The Hall–Kier alpha value is -2.77. The Bertz CT molecular complexity index is 559. The van der Waals surface area contributed by atoms with Crippen molar-refractivity contribution >= 4 is 23.8 Å². The van der Waals surface area contributed by atoms with Crippen LogP contribution in [-0.2, 0) is 0 Å². The minimum absolute atomic E-state index is 0.0317. The van der Waals surface area contributed by atoms with Crippen LogP contribution in [0.25, 0.3) is 0 Å². The molecule has 1 heterocycles. The first-order chi connectivity index (χ1) is 8.15. The molecule has 8 heteroatoms. The molecule has 0 aliphatic rings. The van der Waals surface area contributed by atoms with E-state index in [1.807, 2.05) is 0 Å². The van der Waals surface area contributed by atoms with E-state index in [0.29, 0.717) is 5.56 Å². The molecule has 3 N–H and O–H groups in total. The quantitative estimate of drug-likeness (QED) is 0.465. The first-order valence-electron chi connectivity index (χ1n) is 4.61. The summed E-state index contributed by atoms with van der Waals surface area (Å²) >= 11 is 0. The number of nitrogens with two attached hydrogens (primary N) is 1. The molecule has 2 aromatic rings. The predicted molar refractivity (Wildman–Crippen MR) is 61.1 cm³/mol. The number of benzene rings is 1. The summed E-state index contributed by atoms with van der Waals surface area (Å²) < 4.78 is 0. The van der Waals surface area contributed by atoms with Gasteiger partial charge in [0.1, 0.15) is 0 Å². The number of nitro benzene ring substituents is 1. The standard InChI is InChI=1S/C9H8N6O2/c10-8-12-9(14-13-8)11-5-6-1-3-7(4-2-6)15(16)17/h1-5H,(H3,10,12,13,14). The van der Waals surface area contributed by atoms with E-state index in [9.17, 15) is 10.1 Å². The second-order valence-electron chi connectivity index (χ2n) is 3.13. The normalized spacial score (nSPS) is 10.8. The topological polar surface area (TPSA) is 123 Å². The van der Waals surface area contributed by atoms with Gasteiger partial charge in [0.05, 0.1) is 4.92 Å². The van der Waals surface area contributed by atoms with Crippen molar-refractivity contribution < 1.29 is 4.92 Å². The molecule has 0 amide bonds. The molecule has 0 saturated heterocycles. The number of anilines is 1. The Labute approximate surface area is 95.4 Å². The van der Waals surface area contributed by atoms with Crippen LogP contribution in [0.4, 0.5) is 17.6 Å². The number of aliphatic imine (C=N–C) groups is 1. The van der Waals surface area contributed by atoms with Crippen LogP contribution in [0, 0.1) is 10.1 Å². The molecule has 86 valence electrons. The fourth-order valence-electron chi connectivity index (χ4n) is 1.14. The van der Waals surface area contributed by atoms with Crippen LogP contribution in [0.2, 0.25) is 0 Å². The number of H-pyrrole nitrogens is 1. The molecule has 0 atom stereocenters. The molecule has 1 aromatic carbocycles. The number of nitro groups is 1. The van der Waals surface area contributed by atoms with Crippen molar-refractivity contribution in [2.75, 3.05) is 5.73 Å². The van der Waals surface area contributed by atoms with Gasteiger partial charge in [-0.05, 0) is 17.7 Å². The van der Waals surface area contributed by atoms with E-state index in [2.05, 4.69) is 20.2 Å². The van der Waals surface area contributed by atoms with Crippen molar-refractivity contribution in [2.45, 2.75) is 0 Å². The molecule has 0 unspecified atom stereocenters. The lowest BCUT2D eigenvalue weighted by Gasteiger charge is -1.92. The van der Waals surface area contributed by atoms with Crippen molar-refractivity contribution in [3.63, 3.8) is 0 Å². The lowest BCUT2D eigenvalue weighted by Crippen LogP contribution is -1.88. The van der Waals surface area contributed by atoms with Crippen molar-refractivity contribution in [1.29, 1.82) is 0 Å². The second kappa shape index (κ2) is 4.39. The van der Waals surface area contributed by atoms with Crippen molar-refractivity contribution in [3.05, 3.63) is 39.9 Å². The Morgan fingerprint density at radius 2 is 2.12 bits per heavy atom. The molecule has 0 spiro atoms. The SMILES string of the molecule is Nc1nc(N=Cc2ccc([N+](=O)[O-])cc2)n[nH]1. The highest BCUT2D eigenvalue weighted by atomic mass is 16.6. The number of aromatic nitrogens is 3. The maximum atomic E-state index is 10.4. The van der Waals surface area contributed by atoms with Gasteiger partial charge in [0, 0.05) is 18.3 Å². The monoisotopic (exact) mass is 232 g/mol. The molecular formula is C9H8N6O2. The molecule has 1 aromatic heterocycles. The first-order valence-corrected chi connectivity index (χ1v) is 4.61. The maximum Gasteiger partial charge on any atom is 0.269 e. The average Bonchev–Trinajstić information content (AvgIpc) is 2.73. The van der Waals surface area contributed by atoms with E-state index >= 15 is 0 Å². The van der Waals surface area contributed by atoms with Crippen LogP contribution in [0.5, 0.6) is 0 Å². The molecule has 0 aliphatic heterocycles. The molecule has 0 saturated carbocycles. The van der Waals surface area contributed by atoms with E-state index in [0.717, 1.165) is 0 Å². The van der Waals surface area contributed by atoms with Crippen LogP contribution in [0.3, 0.4) is 0 Å². The molecular weight excluding hydrogens is 224 g/mol. The molecule has 2 rings (SSSR count). The van der Waals surface area contributed by atoms with Gasteiger partial charge in [0.15, 0.2) is 0 Å². The van der Waals surface area contributed by atoms with E-state index in [1.54, 1.807) is 12.1 Å². The largest absolute Gasteiger partial charge is 0.368 e.